The molecule has 3 rings (SSSR count). The number of benzene rings is 2. The lowest BCUT2D eigenvalue weighted by molar-refractivity contribution is -0.136. The number of rotatable bonds is 5. The van der Waals surface area contributed by atoms with Gasteiger partial charge < -0.3 is 15.5 Å². The Balaban J connectivity index is 1.36. The van der Waals surface area contributed by atoms with Gasteiger partial charge in [0, 0.05) is 50.5 Å². The Kier molecular flexibility index (Phi) is 7.13. The van der Waals surface area contributed by atoms with E-state index >= 15 is 0 Å². The molecular formula is C22H25FN4O3. The fourth-order valence-electron chi connectivity index (χ4n) is 3.18. The second kappa shape index (κ2) is 9.98. The van der Waals surface area contributed by atoms with E-state index < -0.39 is 17.6 Å². The smallest absolute Gasteiger partial charge is 0.313 e. The SMILES string of the molecule is Cc1ccc(C(=O)N2CCN(CCNC(=O)C(=O)Nc3ccc(F)cc3)CC2)cc1. The molecule has 0 aromatic heterocycles. The molecule has 7 nitrogen and oxygen atoms in total. The van der Waals surface area contributed by atoms with Gasteiger partial charge in [-0.1, -0.05) is 17.7 Å². The van der Waals surface area contributed by atoms with Crippen LogP contribution in [0.25, 0.3) is 0 Å². The molecule has 0 saturated carbocycles. The molecule has 158 valence electrons. The minimum absolute atomic E-state index is 0.0282. The molecule has 1 heterocycles. The molecule has 0 bridgehead atoms. The van der Waals surface area contributed by atoms with Crippen LogP contribution in [-0.2, 0) is 9.59 Å². The number of nitrogens with zero attached hydrogens (tertiary/aromatic N) is 2. The molecule has 1 aliphatic rings. The molecule has 0 atom stereocenters. The maximum absolute atomic E-state index is 12.9. The number of piperazine rings is 1. The van der Waals surface area contributed by atoms with Crippen LogP contribution in [-0.4, -0.2) is 66.8 Å². The van der Waals surface area contributed by atoms with Gasteiger partial charge in [0.15, 0.2) is 0 Å². The van der Waals surface area contributed by atoms with Crippen LogP contribution in [0.3, 0.4) is 0 Å². The first kappa shape index (κ1) is 21.4. The normalized spacial score (nSPS) is 14.3. The Morgan fingerprint density at radius 1 is 0.900 bits per heavy atom. The molecule has 0 unspecified atom stereocenters. The van der Waals surface area contributed by atoms with Crippen molar-refractivity contribution in [2.45, 2.75) is 6.92 Å². The number of aryl methyl sites for hydroxylation is 1. The number of anilines is 1. The van der Waals surface area contributed by atoms with E-state index in [9.17, 15) is 18.8 Å². The Hall–Kier alpha value is -3.26. The van der Waals surface area contributed by atoms with Gasteiger partial charge in [0.05, 0.1) is 0 Å². The molecule has 0 radical (unpaired) electrons. The predicted molar refractivity (Wildman–Crippen MR) is 112 cm³/mol. The van der Waals surface area contributed by atoms with Gasteiger partial charge in [-0.3, -0.25) is 19.3 Å². The maximum Gasteiger partial charge on any atom is 0.313 e. The van der Waals surface area contributed by atoms with Crippen molar-refractivity contribution in [2.75, 3.05) is 44.6 Å². The lowest BCUT2D eigenvalue weighted by Crippen LogP contribution is -2.50. The zero-order valence-electron chi connectivity index (χ0n) is 16.9. The highest BCUT2D eigenvalue weighted by Gasteiger charge is 2.22. The summed E-state index contributed by atoms with van der Waals surface area (Å²) in [7, 11) is 0. The van der Waals surface area contributed by atoms with Gasteiger partial charge in [0.1, 0.15) is 5.82 Å². The molecule has 30 heavy (non-hydrogen) atoms. The van der Waals surface area contributed by atoms with Crippen molar-refractivity contribution in [3.8, 4) is 0 Å². The van der Waals surface area contributed by atoms with Crippen LogP contribution in [0.5, 0.6) is 0 Å². The first-order valence-corrected chi connectivity index (χ1v) is 9.85. The van der Waals surface area contributed by atoms with Gasteiger partial charge in [-0.2, -0.15) is 0 Å². The molecule has 1 saturated heterocycles. The van der Waals surface area contributed by atoms with E-state index in [0.29, 0.717) is 50.5 Å². The average Bonchev–Trinajstić information content (AvgIpc) is 2.76. The molecule has 2 aromatic rings. The Bertz CT molecular complexity index is 892. The van der Waals surface area contributed by atoms with Crippen LogP contribution in [0.2, 0.25) is 0 Å². The average molecular weight is 412 g/mol. The molecular weight excluding hydrogens is 387 g/mol. The number of halogens is 1. The molecule has 0 aliphatic carbocycles. The number of amides is 3. The summed E-state index contributed by atoms with van der Waals surface area (Å²) < 4.78 is 12.9. The van der Waals surface area contributed by atoms with Crippen LogP contribution in [0.15, 0.2) is 48.5 Å². The number of carbonyl (C=O) groups is 3. The van der Waals surface area contributed by atoms with Gasteiger partial charge in [-0.25, -0.2) is 4.39 Å². The molecule has 8 heteroatoms. The van der Waals surface area contributed by atoms with Gasteiger partial charge in [0.2, 0.25) is 0 Å². The van der Waals surface area contributed by atoms with E-state index in [1.54, 1.807) is 0 Å². The van der Waals surface area contributed by atoms with Crippen molar-refractivity contribution in [2.24, 2.45) is 0 Å². The van der Waals surface area contributed by atoms with Crippen LogP contribution < -0.4 is 10.6 Å². The Morgan fingerprint density at radius 3 is 2.17 bits per heavy atom. The summed E-state index contributed by atoms with van der Waals surface area (Å²) in [5, 5.41) is 5.00. The highest BCUT2D eigenvalue weighted by molar-refractivity contribution is 6.39. The summed E-state index contributed by atoms with van der Waals surface area (Å²) >= 11 is 0. The molecule has 0 spiro atoms. The van der Waals surface area contributed by atoms with Crippen molar-refractivity contribution >= 4 is 23.4 Å². The standard InChI is InChI=1S/C22H25FN4O3/c1-16-2-4-17(5-3-16)22(30)27-14-12-26(13-15-27)11-10-24-20(28)21(29)25-19-8-6-18(23)7-9-19/h2-9H,10-15H2,1H3,(H,24,28)(H,25,29). The third-order valence-electron chi connectivity index (χ3n) is 4.98. The number of hydrogen-bond donors (Lipinski definition) is 2. The van der Waals surface area contributed by atoms with Crippen molar-refractivity contribution in [3.05, 3.63) is 65.5 Å². The van der Waals surface area contributed by atoms with Crippen LogP contribution in [0, 0.1) is 12.7 Å². The largest absolute Gasteiger partial charge is 0.347 e. The van der Waals surface area contributed by atoms with E-state index in [1.165, 1.54) is 24.3 Å². The summed E-state index contributed by atoms with van der Waals surface area (Å²) in [6.45, 7) is 5.53. The molecule has 2 aromatic carbocycles. The quantitative estimate of drug-likeness (QED) is 0.732. The summed E-state index contributed by atoms with van der Waals surface area (Å²) in [4.78, 5) is 40.3. The second-order valence-corrected chi connectivity index (χ2v) is 7.22. The lowest BCUT2D eigenvalue weighted by Gasteiger charge is -2.34. The minimum Gasteiger partial charge on any atom is -0.347 e. The van der Waals surface area contributed by atoms with Gasteiger partial charge in [-0.05, 0) is 43.3 Å². The van der Waals surface area contributed by atoms with Gasteiger partial charge in [0.25, 0.3) is 5.91 Å². The van der Waals surface area contributed by atoms with E-state index in [-0.39, 0.29) is 5.91 Å². The fourth-order valence-corrected chi connectivity index (χ4v) is 3.18. The summed E-state index contributed by atoms with van der Waals surface area (Å²) in [6, 6.07) is 12.7. The summed E-state index contributed by atoms with van der Waals surface area (Å²) in [5.41, 5.74) is 2.16. The van der Waals surface area contributed by atoms with Crippen molar-refractivity contribution in [1.82, 2.24) is 15.1 Å². The molecule has 1 fully saturated rings. The zero-order chi connectivity index (χ0) is 21.5. The van der Waals surface area contributed by atoms with E-state index in [2.05, 4.69) is 15.5 Å². The fraction of sp³-hybridized carbons (Fsp3) is 0.318. The topological polar surface area (TPSA) is 81.8 Å². The Morgan fingerprint density at radius 2 is 1.53 bits per heavy atom. The molecule has 2 N–H and O–H groups in total. The highest BCUT2D eigenvalue weighted by Crippen LogP contribution is 2.10. The monoisotopic (exact) mass is 412 g/mol. The van der Waals surface area contributed by atoms with E-state index in [1.807, 2.05) is 36.1 Å². The molecule has 3 amide bonds. The van der Waals surface area contributed by atoms with Crippen LogP contribution >= 0.6 is 0 Å². The molecule has 1 aliphatic heterocycles. The van der Waals surface area contributed by atoms with Gasteiger partial charge >= 0.3 is 11.8 Å². The van der Waals surface area contributed by atoms with Crippen molar-refractivity contribution in [1.29, 1.82) is 0 Å². The summed E-state index contributed by atoms with van der Waals surface area (Å²) in [5.74, 6) is -1.93. The summed E-state index contributed by atoms with van der Waals surface area (Å²) in [6.07, 6.45) is 0. The number of hydrogen-bond acceptors (Lipinski definition) is 4. The highest BCUT2D eigenvalue weighted by atomic mass is 19.1. The van der Waals surface area contributed by atoms with E-state index in [4.69, 9.17) is 0 Å². The van der Waals surface area contributed by atoms with Gasteiger partial charge in [-0.15, -0.1) is 0 Å². The minimum atomic E-state index is -0.796. The van der Waals surface area contributed by atoms with Crippen molar-refractivity contribution in [3.63, 3.8) is 0 Å². The van der Waals surface area contributed by atoms with Crippen molar-refractivity contribution < 1.29 is 18.8 Å². The Labute approximate surface area is 174 Å². The number of nitrogens with one attached hydrogen (secondary N) is 2. The number of carbonyl (C=O) groups excluding carboxylic acids is 3. The third-order valence-corrected chi connectivity index (χ3v) is 4.98. The van der Waals surface area contributed by atoms with Crippen LogP contribution in [0.4, 0.5) is 10.1 Å². The zero-order valence-corrected chi connectivity index (χ0v) is 16.9. The second-order valence-electron chi connectivity index (χ2n) is 7.22. The van der Waals surface area contributed by atoms with E-state index in [0.717, 1.165) is 5.56 Å². The van der Waals surface area contributed by atoms with Crippen LogP contribution in [0.1, 0.15) is 15.9 Å². The maximum atomic E-state index is 12.9. The predicted octanol–water partition coefficient (Wildman–Crippen LogP) is 1.65. The lowest BCUT2D eigenvalue weighted by atomic mass is 10.1. The third kappa shape index (κ3) is 5.87. The first-order chi connectivity index (χ1) is 14.4. The first-order valence-electron chi connectivity index (χ1n) is 9.85.